The predicted molar refractivity (Wildman–Crippen MR) is 45.7 cm³/mol. The van der Waals surface area contributed by atoms with Crippen LogP contribution in [0.4, 0.5) is 0 Å². The lowest BCUT2D eigenvalue weighted by atomic mass is 10.1. The van der Waals surface area contributed by atoms with Crippen molar-refractivity contribution in [1.82, 2.24) is 5.32 Å². The van der Waals surface area contributed by atoms with Gasteiger partial charge in [0.1, 0.15) is 0 Å². The molecular weight excluding hydrogens is 124 g/mol. The van der Waals surface area contributed by atoms with Crippen LogP contribution in [0.25, 0.3) is 0 Å². The van der Waals surface area contributed by atoms with E-state index in [1.807, 2.05) is 0 Å². The Bertz CT molecular complexity index is 81.3. The third kappa shape index (κ3) is 5.63. The molecule has 0 fully saturated rings. The second-order valence-corrected chi connectivity index (χ2v) is 2.50. The molecule has 0 radical (unpaired) electrons. The lowest BCUT2D eigenvalue weighted by Crippen LogP contribution is -2.24. The van der Waals surface area contributed by atoms with Gasteiger partial charge in [-0.15, -0.1) is 0 Å². The van der Waals surface area contributed by atoms with Crippen LogP contribution in [0.1, 0.15) is 26.2 Å². The van der Waals surface area contributed by atoms with E-state index in [1.165, 1.54) is 6.42 Å². The van der Waals surface area contributed by atoms with Crippen LogP contribution >= 0.6 is 0 Å². The van der Waals surface area contributed by atoms with Gasteiger partial charge in [0.15, 0.2) is 0 Å². The number of nitrogens with two attached hydrogens (primary N) is 1. The summed E-state index contributed by atoms with van der Waals surface area (Å²) in [4.78, 5) is 0. The highest BCUT2D eigenvalue weighted by Gasteiger charge is 1.97. The Morgan fingerprint density at radius 2 is 2.30 bits per heavy atom. The van der Waals surface area contributed by atoms with Gasteiger partial charge in [0.05, 0.1) is 0 Å². The van der Waals surface area contributed by atoms with E-state index in [2.05, 4.69) is 18.8 Å². The van der Waals surface area contributed by atoms with E-state index in [1.54, 1.807) is 6.20 Å². The predicted octanol–water partition coefficient (Wildman–Crippen LogP) is 1.24. The molecule has 0 aromatic carbocycles. The Morgan fingerprint density at radius 3 is 2.80 bits per heavy atom. The van der Waals surface area contributed by atoms with E-state index < -0.39 is 0 Å². The van der Waals surface area contributed by atoms with Crippen molar-refractivity contribution >= 4 is 0 Å². The van der Waals surface area contributed by atoms with Crippen LogP contribution in [0, 0.1) is 0 Å². The van der Waals surface area contributed by atoms with Gasteiger partial charge in [0, 0.05) is 12.6 Å². The Morgan fingerprint density at radius 1 is 1.60 bits per heavy atom. The summed E-state index contributed by atoms with van der Waals surface area (Å²) in [5.74, 6) is 0. The standard InChI is InChI=1S/C8H18N2/c1-3-5-8(9)6-7-10-4-2/h4,8,10H,2-3,5-7,9H2,1H3. The average molecular weight is 142 g/mol. The number of nitrogens with one attached hydrogen (secondary N) is 1. The minimum absolute atomic E-state index is 0.359. The largest absolute Gasteiger partial charge is 0.391 e. The zero-order chi connectivity index (χ0) is 7.82. The molecule has 2 heteroatoms. The summed E-state index contributed by atoms with van der Waals surface area (Å²) < 4.78 is 0. The van der Waals surface area contributed by atoms with E-state index in [9.17, 15) is 0 Å². The van der Waals surface area contributed by atoms with Crippen LogP contribution in [-0.2, 0) is 0 Å². The SMILES string of the molecule is C=CNCCC(N)CCC. The minimum atomic E-state index is 0.359. The highest BCUT2D eigenvalue weighted by atomic mass is 14.8. The molecule has 0 aliphatic heterocycles. The monoisotopic (exact) mass is 142 g/mol. The van der Waals surface area contributed by atoms with Gasteiger partial charge in [0.25, 0.3) is 0 Å². The molecule has 3 N–H and O–H groups in total. The van der Waals surface area contributed by atoms with Crippen molar-refractivity contribution in [2.45, 2.75) is 32.2 Å². The molecule has 2 nitrogen and oxygen atoms in total. The summed E-state index contributed by atoms with van der Waals surface area (Å²) in [5, 5.41) is 3.02. The summed E-state index contributed by atoms with van der Waals surface area (Å²) in [6.07, 6.45) is 5.05. The topological polar surface area (TPSA) is 38.0 Å². The number of hydrogen-bond donors (Lipinski definition) is 2. The molecule has 0 rings (SSSR count). The Hall–Kier alpha value is -0.500. The van der Waals surface area contributed by atoms with Crippen molar-refractivity contribution in [2.24, 2.45) is 5.73 Å². The molecule has 0 bridgehead atoms. The fourth-order valence-corrected chi connectivity index (χ4v) is 0.886. The van der Waals surface area contributed by atoms with Gasteiger partial charge in [-0.2, -0.15) is 0 Å². The summed E-state index contributed by atoms with van der Waals surface area (Å²) in [6, 6.07) is 0.359. The van der Waals surface area contributed by atoms with Crippen molar-refractivity contribution in [3.05, 3.63) is 12.8 Å². The van der Waals surface area contributed by atoms with Crippen LogP contribution in [0.2, 0.25) is 0 Å². The van der Waals surface area contributed by atoms with Gasteiger partial charge in [0.2, 0.25) is 0 Å². The van der Waals surface area contributed by atoms with Crippen molar-refractivity contribution in [1.29, 1.82) is 0 Å². The van der Waals surface area contributed by atoms with Crippen LogP contribution < -0.4 is 11.1 Å². The van der Waals surface area contributed by atoms with Gasteiger partial charge in [-0.1, -0.05) is 19.9 Å². The van der Waals surface area contributed by atoms with Crippen LogP contribution in [-0.4, -0.2) is 12.6 Å². The van der Waals surface area contributed by atoms with Crippen molar-refractivity contribution in [2.75, 3.05) is 6.54 Å². The molecule has 10 heavy (non-hydrogen) atoms. The molecule has 0 saturated heterocycles. The highest BCUT2D eigenvalue weighted by Crippen LogP contribution is 1.96. The van der Waals surface area contributed by atoms with Gasteiger partial charge >= 0.3 is 0 Å². The first kappa shape index (κ1) is 9.50. The Labute approximate surface area is 63.5 Å². The smallest absolute Gasteiger partial charge is 0.0156 e. The maximum absolute atomic E-state index is 5.75. The van der Waals surface area contributed by atoms with E-state index in [4.69, 9.17) is 5.73 Å². The lowest BCUT2D eigenvalue weighted by molar-refractivity contribution is 0.551. The molecule has 0 saturated carbocycles. The summed E-state index contributed by atoms with van der Waals surface area (Å²) in [5.41, 5.74) is 5.75. The molecule has 0 amide bonds. The van der Waals surface area contributed by atoms with Crippen LogP contribution in [0.5, 0.6) is 0 Å². The van der Waals surface area contributed by atoms with Crippen LogP contribution in [0.15, 0.2) is 12.8 Å². The zero-order valence-electron chi connectivity index (χ0n) is 6.77. The van der Waals surface area contributed by atoms with Crippen molar-refractivity contribution < 1.29 is 0 Å². The molecule has 1 atom stereocenters. The van der Waals surface area contributed by atoms with E-state index in [0.717, 1.165) is 19.4 Å². The van der Waals surface area contributed by atoms with Crippen LogP contribution in [0.3, 0.4) is 0 Å². The quantitative estimate of drug-likeness (QED) is 0.547. The second-order valence-electron chi connectivity index (χ2n) is 2.50. The summed E-state index contributed by atoms with van der Waals surface area (Å²) in [7, 11) is 0. The van der Waals surface area contributed by atoms with Gasteiger partial charge < -0.3 is 11.1 Å². The average Bonchev–Trinajstić information content (AvgIpc) is 1.89. The summed E-state index contributed by atoms with van der Waals surface area (Å²) in [6.45, 7) is 6.65. The lowest BCUT2D eigenvalue weighted by Gasteiger charge is -2.08. The molecule has 0 aliphatic carbocycles. The number of rotatable bonds is 6. The maximum Gasteiger partial charge on any atom is 0.0156 e. The normalized spacial score (nSPS) is 12.6. The van der Waals surface area contributed by atoms with E-state index in [-0.39, 0.29) is 0 Å². The fraction of sp³-hybridized carbons (Fsp3) is 0.750. The third-order valence-electron chi connectivity index (χ3n) is 1.46. The molecule has 0 heterocycles. The molecule has 0 spiro atoms. The molecular formula is C8H18N2. The molecule has 0 aromatic heterocycles. The zero-order valence-corrected chi connectivity index (χ0v) is 6.77. The maximum atomic E-state index is 5.75. The second kappa shape index (κ2) is 6.62. The summed E-state index contributed by atoms with van der Waals surface area (Å²) >= 11 is 0. The molecule has 0 aromatic rings. The first-order valence-electron chi connectivity index (χ1n) is 3.91. The molecule has 60 valence electrons. The van der Waals surface area contributed by atoms with E-state index in [0.29, 0.717) is 6.04 Å². The fourth-order valence-electron chi connectivity index (χ4n) is 0.886. The first-order chi connectivity index (χ1) is 4.81. The molecule has 0 aliphatic rings. The third-order valence-corrected chi connectivity index (χ3v) is 1.46. The van der Waals surface area contributed by atoms with Gasteiger partial charge in [-0.3, -0.25) is 0 Å². The van der Waals surface area contributed by atoms with E-state index >= 15 is 0 Å². The molecule has 1 unspecified atom stereocenters. The highest BCUT2D eigenvalue weighted by molar-refractivity contribution is 4.67. The Kier molecular flexibility index (Phi) is 6.29. The number of hydrogen-bond acceptors (Lipinski definition) is 2. The first-order valence-corrected chi connectivity index (χ1v) is 3.91. The van der Waals surface area contributed by atoms with Crippen molar-refractivity contribution in [3.8, 4) is 0 Å². The minimum Gasteiger partial charge on any atom is -0.391 e. The van der Waals surface area contributed by atoms with Gasteiger partial charge in [-0.25, -0.2) is 0 Å². The Balaban J connectivity index is 3.04. The van der Waals surface area contributed by atoms with Gasteiger partial charge in [-0.05, 0) is 19.0 Å². The van der Waals surface area contributed by atoms with Crippen molar-refractivity contribution in [3.63, 3.8) is 0 Å².